The van der Waals surface area contributed by atoms with Crippen molar-refractivity contribution >= 4 is 17.5 Å². The maximum absolute atomic E-state index is 12.3. The first-order valence-corrected chi connectivity index (χ1v) is 8.48. The SMILES string of the molecule is COc1cccc(N2CC(NC(=O)COc3ccc(C)cc3)CC2=O)c1. The number of carbonyl (C=O) groups is 2. The fraction of sp³-hybridized carbons (Fsp3) is 0.300. The summed E-state index contributed by atoms with van der Waals surface area (Å²) in [7, 11) is 1.59. The fourth-order valence-electron chi connectivity index (χ4n) is 2.88. The van der Waals surface area contributed by atoms with Gasteiger partial charge in [0.05, 0.1) is 13.2 Å². The third-order valence-corrected chi connectivity index (χ3v) is 4.25. The van der Waals surface area contributed by atoms with Crippen LogP contribution in [0.15, 0.2) is 48.5 Å². The third-order valence-electron chi connectivity index (χ3n) is 4.25. The highest BCUT2D eigenvalue weighted by Gasteiger charge is 2.31. The molecule has 2 aromatic carbocycles. The molecule has 2 amide bonds. The van der Waals surface area contributed by atoms with Gasteiger partial charge in [0.2, 0.25) is 5.91 Å². The molecular formula is C20H22N2O4. The van der Waals surface area contributed by atoms with E-state index in [2.05, 4.69) is 5.32 Å². The summed E-state index contributed by atoms with van der Waals surface area (Å²) in [4.78, 5) is 26.0. The predicted molar refractivity (Wildman–Crippen MR) is 98.6 cm³/mol. The normalized spacial score (nSPS) is 16.5. The molecule has 0 spiro atoms. The van der Waals surface area contributed by atoms with Crippen molar-refractivity contribution in [1.29, 1.82) is 0 Å². The molecular weight excluding hydrogens is 332 g/mol. The highest BCUT2D eigenvalue weighted by atomic mass is 16.5. The zero-order valence-electron chi connectivity index (χ0n) is 14.9. The zero-order chi connectivity index (χ0) is 18.5. The quantitative estimate of drug-likeness (QED) is 0.864. The van der Waals surface area contributed by atoms with Crippen molar-refractivity contribution in [2.45, 2.75) is 19.4 Å². The number of nitrogens with zero attached hydrogens (tertiary/aromatic N) is 1. The summed E-state index contributed by atoms with van der Waals surface area (Å²) in [6, 6.07) is 14.6. The second kappa shape index (κ2) is 7.91. The van der Waals surface area contributed by atoms with E-state index in [-0.39, 0.29) is 30.9 Å². The van der Waals surface area contributed by atoms with Gasteiger partial charge in [0, 0.05) is 24.7 Å². The standard InChI is InChI=1S/C20H22N2O4/c1-14-6-8-17(9-7-14)26-13-19(23)21-15-10-20(24)22(12-15)16-4-3-5-18(11-16)25-2/h3-9,11,15H,10,12-13H2,1-2H3,(H,21,23). The lowest BCUT2D eigenvalue weighted by Crippen LogP contribution is -2.39. The van der Waals surface area contributed by atoms with Gasteiger partial charge in [-0.15, -0.1) is 0 Å². The lowest BCUT2D eigenvalue weighted by molar-refractivity contribution is -0.123. The Labute approximate surface area is 152 Å². The van der Waals surface area contributed by atoms with Crippen molar-refractivity contribution in [3.63, 3.8) is 0 Å². The van der Waals surface area contributed by atoms with E-state index in [4.69, 9.17) is 9.47 Å². The van der Waals surface area contributed by atoms with Gasteiger partial charge in [-0.3, -0.25) is 9.59 Å². The van der Waals surface area contributed by atoms with Crippen molar-refractivity contribution < 1.29 is 19.1 Å². The minimum absolute atomic E-state index is 0.0250. The molecule has 1 aliphatic rings. The minimum atomic E-state index is -0.240. The highest BCUT2D eigenvalue weighted by molar-refractivity contribution is 5.97. The number of hydrogen-bond acceptors (Lipinski definition) is 4. The van der Waals surface area contributed by atoms with Crippen LogP contribution in [-0.2, 0) is 9.59 Å². The van der Waals surface area contributed by atoms with Crippen LogP contribution in [0.2, 0.25) is 0 Å². The molecule has 0 aliphatic carbocycles. The van der Waals surface area contributed by atoms with Gasteiger partial charge in [-0.2, -0.15) is 0 Å². The Bertz CT molecular complexity index is 789. The molecule has 1 aliphatic heterocycles. The Kier molecular flexibility index (Phi) is 5.41. The monoisotopic (exact) mass is 354 g/mol. The van der Waals surface area contributed by atoms with Crippen LogP contribution in [0.25, 0.3) is 0 Å². The van der Waals surface area contributed by atoms with Crippen molar-refractivity contribution in [3.05, 3.63) is 54.1 Å². The molecule has 6 nitrogen and oxygen atoms in total. The van der Waals surface area contributed by atoms with Gasteiger partial charge in [0.15, 0.2) is 6.61 Å². The molecule has 0 radical (unpaired) electrons. The molecule has 1 N–H and O–H groups in total. The molecule has 2 aromatic rings. The smallest absolute Gasteiger partial charge is 0.258 e. The number of carbonyl (C=O) groups excluding carboxylic acids is 2. The van der Waals surface area contributed by atoms with Gasteiger partial charge in [0.25, 0.3) is 5.91 Å². The molecule has 0 saturated carbocycles. The maximum Gasteiger partial charge on any atom is 0.258 e. The number of ether oxygens (including phenoxy) is 2. The van der Waals surface area contributed by atoms with Crippen LogP contribution in [0.3, 0.4) is 0 Å². The first kappa shape index (κ1) is 17.8. The van der Waals surface area contributed by atoms with Crippen LogP contribution < -0.4 is 19.7 Å². The van der Waals surface area contributed by atoms with Crippen LogP contribution in [0.5, 0.6) is 11.5 Å². The average Bonchev–Trinajstić information content (AvgIpc) is 3.01. The van der Waals surface area contributed by atoms with Crippen molar-refractivity contribution in [2.24, 2.45) is 0 Å². The van der Waals surface area contributed by atoms with Crippen molar-refractivity contribution in [1.82, 2.24) is 5.32 Å². The van der Waals surface area contributed by atoms with Crippen LogP contribution in [0.4, 0.5) is 5.69 Å². The molecule has 1 unspecified atom stereocenters. The Hall–Kier alpha value is -3.02. The van der Waals surface area contributed by atoms with E-state index in [9.17, 15) is 9.59 Å². The molecule has 1 saturated heterocycles. The first-order valence-electron chi connectivity index (χ1n) is 8.48. The van der Waals surface area contributed by atoms with Crippen LogP contribution >= 0.6 is 0 Å². The number of anilines is 1. The van der Waals surface area contributed by atoms with E-state index in [1.54, 1.807) is 12.0 Å². The van der Waals surface area contributed by atoms with E-state index in [1.807, 2.05) is 55.5 Å². The second-order valence-electron chi connectivity index (χ2n) is 6.28. The van der Waals surface area contributed by atoms with Crippen molar-refractivity contribution in [2.75, 3.05) is 25.2 Å². The van der Waals surface area contributed by atoms with E-state index >= 15 is 0 Å². The van der Waals surface area contributed by atoms with Gasteiger partial charge in [-0.25, -0.2) is 0 Å². The summed E-state index contributed by atoms with van der Waals surface area (Å²) in [5, 5.41) is 2.86. The van der Waals surface area contributed by atoms with Crippen LogP contribution in [-0.4, -0.2) is 38.1 Å². The Morgan fingerprint density at radius 1 is 1.19 bits per heavy atom. The zero-order valence-corrected chi connectivity index (χ0v) is 14.9. The molecule has 1 fully saturated rings. The summed E-state index contributed by atoms with van der Waals surface area (Å²) >= 11 is 0. The number of hydrogen-bond donors (Lipinski definition) is 1. The summed E-state index contributed by atoms with van der Waals surface area (Å²) in [6.45, 7) is 2.34. The van der Waals surface area contributed by atoms with Gasteiger partial charge < -0.3 is 19.7 Å². The average molecular weight is 354 g/mol. The summed E-state index contributed by atoms with van der Waals surface area (Å²) in [5.74, 6) is 1.07. The number of benzene rings is 2. The van der Waals surface area contributed by atoms with Gasteiger partial charge in [-0.05, 0) is 31.2 Å². The number of methoxy groups -OCH3 is 1. The maximum atomic E-state index is 12.3. The number of amides is 2. The van der Waals surface area contributed by atoms with Gasteiger partial charge in [-0.1, -0.05) is 23.8 Å². The summed E-state index contributed by atoms with van der Waals surface area (Å²) in [6.07, 6.45) is 0.271. The Balaban J connectivity index is 1.53. The highest BCUT2D eigenvalue weighted by Crippen LogP contribution is 2.25. The molecule has 0 aromatic heterocycles. The third kappa shape index (κ3) is 4.33. The Morgan fingerprint density at radius 2 is 1.96 bits per heavy atom. The predicted octanol–water partition coefficient (Wildman–Crippen LogP) is 2.30. The molecule has 0 bridgehead atoms. The van der Waals surface area contributed by atoms with Gasteiger partial charge >= 0.3 is 0 Å². The molecule has 6 heteroatoms. The largest absolute Gasteiger partial charge is 0.497 e. The van der Waals surface area contributed by atoms with Crippen molar-refractivity contribution in [3.8, 4) is 11.5 Å². The van der Waals surface area contributed by atoms with Crippen LogP contribution in [0, 0.1) is 6.92 Å². The number of nitrogens with one attached hydrogen (secondary N) is 1. The van der Waals surface area contributed by atoms with E-state index < -0.39 is 0 Å². The van der Waals surface area contributed by atoms with Crippen LogP contribution in [0.1, 0.15) is 12.0 Å². The first-order chi connectivity index (χ1) is 12.5. The molecule has 136 valence electrons. The lowest BCUT2D eigenvalue weighted by atomic mass is 10.2. The summed E-state index contributed by atoms with van der Waals surface area (Å²) in [5.41, 5.74) is 1.89. The fourth-order valence-corrected chi connectivity index (χ4v) is 2.88. The lowest BCUT2D eigenvalue weighted by Gasteiger charge is -2.18. The second-order valence-corrected chi connectivity index (χ2v) is 6.28. The minimum Gasteiger partial charge on any atom is -0.497 e. The molecule has 26 heavy (non-hydrogen) atoms. The topological polar surface area (TPSA) is 67.9 Å². The number of rotatable bonds is 6. The van der Waals surface area contributed by atoms with Gasteiger partial charge in [0.1, 0.15) is 11.5 Å². The van der Waals surface area contributed by atoms with E-state index in [0.29, 0.717) is 18.0 Å². The number of aryl methyl sites for hydroxylation is 1. The molecule has 1 heterocycles. The summed E-state index contributed by atoms with van der Waals surface area (Å²) < 4.78 is 10.7. The molecule has 3 rings (SSSR count). The van der Waals surface area contributed by atoms with E-state index in [1.165, 1.54) is 0 Å². The Morgan fingerprint density at radius 3 is 2.69 bits per heavy atom. The van der Waals surface area contributed by atoms with E-state index in [0.717, 1.165) is 11.3 Å². The molecule has 1 atom stereocenters.